The Morgan fingerprint density at radius 3 is 2.30 bits per heavy atom. The lowest BCUT2D eigenvalue weighted by atomic mass is 9.83. The van der Waals surface area contributed by atoms with Crippen LogP contribution in [0.3, 0.4) is 0 Å². The summed E-state index contributed by atoms with van der Waals surface area (Å²) in [6, 6.07) is 8.81. The number of rotatable bonds is 6. The predicted molar refractivity (Wildman–Crippen MR) is 87.5 cm³/mol. The van der Waals surface area contributed by atoms with Gasteiger partial charge >= 0.3 is 0 Å². The van der Waals surface area contributed by atoms with Crippen LogP contribution in [-0.2, 0) is 6.42 Å². The van der Waals surface area contributed by atoms with Crippen LogP contribution in [0.1, 0.15) is 38.2 Å². The third kappa shape index (κ3) is 3.36. The molecule has 112 valence electrons. The molecule has 1 saturated carbocycles. The van der Waals surface area contributed by atoms with Crippen molar-refractivity contribution in [3.05, 3.63) is 34.9 Å². The van der Waals surface area contributed by atoms with Gasteiger partial charge in [0.2, 0.25) is 0 Å². The van der Waals surface area contributed by atoms with Crippen LogP contribution in [0.2, 0.25) is 5.02 Å². The number of benzene rings is 1. The van der Waals surface area contributed by atoms with E-state index in [1.54, 1.807) is 0 Å². The van der Waals surface area contributed by atoms with Crippen molar-refractivity contribution in [1.82, 2.24) is 10.2 Å². The highest BCUT2D eigenvalue weighted by atomic mass is 35.5. The van der Waals surface area contributed by atoms with Gasteiger partial charge in [0.05, 0.1) is 0 Å². The largest absolute Gasteiger partial charge is 0.312 e. The van der Waals surface area contributed by atoms with Gasteiger partial charge in [-0.15, -0.1) is 0 Å². The van der Waals surface area contributed by atoms with Crippen molar-refractivity contribution in [3.8, 4) is 0 Å². The van der Waals surface area contributed by atoms with Gasteiger partial charge in [-0.3, -0.25) is 0 Å². The van der Waals surface area contributed by atoms with Crippen LogP contribution >= 0.6 is 11.6 Å². The molecule has 0 saturated heterocycles. The zero-order valence-electron chi connectivity index (χ0n) is 13.0. The van der Waals surface area contributed by atoms with Crippen molar-refractivity contribution in [2.45, 2.75) is 50.6 Å². The van der Waals surface area contributed by atoms with Crippen molar-refractivity contribution in [3.63, 3.8) is 0 Å². The summed E-state index contributed by atoms with van der Waals surface area (Å²) in [4.78, 5) is 2.45. The highest BCUT2D eigenvalue weighted by Crippen LogP contribution is 2.37. The van der Waals surface area contributed by atoms with Crippen molar-refractivity contribution in [1.29, 1.82) is 0 Å². The van der Waals surface area contributed by atoms with Crippen molar-refractivity contribution in [2.75, 3.05) is 20.6 Å². The first-order valence-corrected chi connectivity index (χ1v) is 8.11. The number of likely N-dealkylation sites (N-methyl/N-ethyl adjacent to an activating group) is 2. The molecule has 1 aliphatic carbocycles. The molecule has 0 spiro atoms. The highest BCUT2D eigenvalue weighted by Gasteiger charge is 2.42. The Morgan fingerprint density at radius 1 is 1.20 bits per heavy atom. The van der Waals surface area contributed by atoms with Gasteiger partial charge in [0.1, 0.15) is 0 Å². The average molecular weight is 295 g/mol. The summed E-state index contributed by atoms with van der Waals surface area (Å²) >= 11 is 5.99. The van der Waals surface area contributed by atoms with E-state index in [0.717, 1.165) is 18.0 Å². The quantitative estimate of drug-likeness (QED) is 0.860. The smallest absolute Gasteiger partial charge is 0.0406 e. The molecule has 0 bridgehead atoms. The second kappa shape index (κ2) is 6.93. The molecule has 1 aromatic rings. The Labute approximate surface area is 128 Å². The first-order chi connectivity index (χ1) is 9.58. The zero-order chi connectivity index (χ0) is 14.6. The fourth-order valence-electron chi connectivity index (χ4n) is 3.65. The molecule has 1 aromatic carbocycles. The van der Waals surface area contributed by atoms with E-state index in [1.807, 2.05) is 12.1 Å². The molecular weight excluding hydrogens is 268 g/mol. The number of hydrogen-bond acceptors (Lipinski definition) is 2. The Hall–Kier alpha value is -0.570. The van der Waals surface area contributed by atoms with Gasteiger partial charge in [-0.05, 0) is 57.6 Å². The normalized spacial score (nSPS) is 19.4. The van der Waals surface area contributed by atoms with E-state index < -0.39 is 0 Å². The number of nitrogens with one attached hydrogen (secondary N) is 1. The van der Waals surface area contributed by atoms with Crippen LogP contribution in [-0.4, -0.2) is 37.1 Å². The minimum Gasteiger partial charge on any atom is -0.312 e. The van der Waals surface area contributed by atoms with Crippen LogP contribution < -0.4 is 5.32 Å². The molecule has 0 amide bonds. The Balaban J connectivity index is 2.19. The van der Waals surface area contributed by atoms with E-state index in [9.17, 15) is 0 Å². The summed E-state index contributed by atoms with van der Waals surface area (Å²) in [6.07, 6.45) is 6.36. The minimum absolute atomic E-state index is 0.301. The molecule has 2 nitrogen and oxygen atoms in total. The second-order valence-corrected chi connectivity index (χ2v) is 6.58. The van der Waals surface area contributed by atoms with Crippen LogP contribution in [0.4, 0.5) is 0 Å². The number of halogens is 1. The first-order valence-electron chi connectivity index (χ1n) is 7.74. The third-order valence-corrected chi connectivity index (χ3v) is 5.06. The molecule has 3 heteroatoms. The van der Waals surface area contributed by atoms with Crippen LogP contribution in [0, 0.1) is 0 Å². The lowest BCUT2D eigenvalue weighted by Gasteiger charge is -2.44. The van der Waals surface area contributed by atoms with E-state index in [-0.39, 0.29) is 0 Å². The molecule has 0 aliphatic heterocycles. The maximum absolute atomic E-state index is 5.99. The Kier molecular flexibility index (Phi) is 5.48. The van der Waals surface area contributed by atoms with Gasteiger partial charge < -0.3 is 10.2 Å². The summed E-state index contributed by atoms with van der Waals surface area (Å²) in [6.45, 7) is 3.22. The van der Waals surface area contributed by atoms with Gasteiger partial charge in [-0.2, -0.15) is 0 Å². The summed E-state index contributed by atoms with van der Waals surface area (Å²) in [7, 11) is 4.47. The molecule has 1 fully saturated rings. The molecule has 1 atom stereocenters. The Morgan fingerprint density at radius 2 is 1.80 bits per heavy atom. The maximum Gasteiger partial charge on any atom is 0.0406 e. The lowest BCUT2D eigenvalue weighted by Crippen LogP contribution is -2.58. The van der Waals surface area contributed by atoms with Crippen LogP contribution in [0.25, 0.3) is 0 Å². The molecular formula is C17H27ClN2. The van der Waals surface area contributed by atoms with Gasteiger partial charge in [-0.25, -0.2) is 0 Å². The van der Waals surface area contributed by atoms with E-state index in [0.29, 0.717) is 11.6 Å². The van der Waals surface area contributed by atoms with E-state index >= 15 is 0 Å². The Bertz CT molecular complexity index is 408. The summed E-state index contributed by atoms with van der Waals surface area (Å²) in [5.74, 6) is 0. The maximum atomic E-state index is 5.99. The van der Waals surface area contributed by atoms with Crippen LogP contribution in [0.15, 0.2) is 24.3 Å². The third-order valence-electron chi connectivity index (χ3n) is 4.81. The zero-order valence-corrected chi connectivity index (χ0v) is 13.7. The molecule has 0 heterocycles. The fraction of sp³-hybridized carbons (Fsp3) is 0.647. The van der Waals surface area contributed by atoms with E-state index in [4.69, 9.17) is 11.6 Å². The fourth-order valence-corrected chi connectivity index (χ4v) is 3.78. The molecule has 20 heavy (non-hydrogen) atoms. The molecule has 1 aliphatic rings. The van der Waals surface area contributed by atoms with E-state index in [1.165, 1.54) is 31.2 Å². The SMILES string of the molecule is CCNC(Cc1ccc(Cl)cc1)C1(N(C)C)CCCC1. The van der Waals surface area contributed by atoms with Crippen molar-refractivity contribution in [2.24, 2.45) is 0 Å². The molecule has 2 rings (SSSR count). The predicted octanol–water partition coefficient (Wildman–Crippen LogP) is 3.74. The van der Waals surface area contributed by atoms with Crippen molar-refractivity contribution < 1.29 is 0 Å². The summed E-state index contributed by atoms with van der Waals surface area (Å²) < 4.78 is 0. The lowest BCUT2D eigenvalue weighted by molar-refractivity contribution is 0.105. The molecule has 1 unspecified atom stereocenters. The summed E-state index contributed by atoms with van der Waals surface area (Å²) in [5.41, 5.74) is 1.67. The monoisotopic (exact) mass is 294 g/mol. The number of hydrogen-bond donors (Lipinski definition) is 1. The second-order valence-electron chi connectivity index (χ2n) is 6.15. The highest BCUT2D eigenvalue weighted by molar-refractivity contribution is 6.30. The van der Waals surface area contributed by atoms with E-state index in [2.05, 4.69) is 43.4 Å². The van der Waals surface area contributed by atoms with Gasteiger partial charge in [0.15, 0.2) is 0 Å². The molecule has 0 radical (unpaired) electrons. The van der Waals surface area contributed by atoms with Gasteiger partial charge in [0, 0.05) is 16.6 Å². The van der Waals surface area contributed by atoms with Gasteiger partial charge in [-0.1, -0.05) is 43.5 Å². The number of nitrogens with zero attached hydrogens (tertiary/aromatic N) is 1. The average Bonchev–Trinajstić information content (AvgIpc) is 2.91. The molecule has 0 aromatic heterocycles. The standard InChI is InChI=1S/C17H27ClN2/c1-4-19-16(13-14-7-9-15(18)10-8-14)17(20(2)3)11-5-6-12-17/h7-10,16,19H,4-6,11-13H2,1-3H3. The van der Waals surface area contributed by atoms with Crippen LogP contribution in [0.5, 0.6) is 0 Å². The van der Waals surface area contributed by atoms with Gasteiger partial charge in [0.25, 0.3) is 0 Å². The first kappa shape index (κ1) is 15.8. The van der Waals surface area contributed by atoms with Crippen molar-refractivity contribution >= 4 is 11.6 Å². The molecule has 1 N–H and O–H groups in total. The topological polar surface area (TPSA) is 15.3 Å². The minimum atomic E-state index is 0.301. The summed E-state index contributed by atoms with van der Waals surface area (Å²) in [5, 5.41) is 4.55.